The van der Waals surface area contributed by atoms with Gasteiger partial charge in [-0.3, -0.25) is 0 Å². The Kier molecular flexibility index (Phi) is 20.2. The Morgan fingerprint density at radius 1 is 0.600 bits per heavy atom. The van der Waals surface area contributed by atoms with Crippen LogP contribution in [0.5, 0.6) is 0 Å². The third-order valence-corrected chi connectivity index (χ3v) is 1.21. The van der Waals surface area contributed by atoms with Crippen molar-refractivity contribution in [1.82, 2.24) is 0 Å². The second kappa shape index (κ2) is 16.0. The molecule has 0 saturated heterocycles. The van der Waals surface area contributed by atoms with E-state index >= 15 is 0 Å². The zero-order chi connectivity index (χ0) is 8.24. The molecule has 0 aliphatic rings. The van der Waals surface area contributed by atoms with Gasteiger partial charge in [-0.15, -0.1) is 0 Å². The van der Waals surface area contributed by atoms with Crippen LogP contribution in [0.3, 0.4) is 0 Å². The summed E-state index contributed by atoms with van der Waals surface area (Å²) in [6.07, 6.45) is 8.26. The molecule has 0 aromatic carbocycles. The number of hydrogen-bond acceptors (Lipinski definition) is 0. The molecule has 0 aromatic heterocycles. The van der Waals surface area contributed by atoms with Crippen molar-refractivity contribution in [3.8, 4) is 0 Å². The van der Waals surface area contributed by atoms with E-state index in [1.54, 1.807) is 0 Å². The topological polar surface area (TPSA) is 0 Å². The second-order valence-corrected chi connectivity index (χ2v) is 2.77. The monoisotopic (exact) mass is 144 g/mol. The highest BCUT2D eigenvalue weighted by molar-refractivity contribution is 4.35. The molecule has 10 heavy (non-hydrogen) atoms. The Labute approximate surface area is 67.0 Å². The minimum absolute atomic E-state index is 1.25. The van der Waals surface area contributed by atoms with Crippen LogP contribution in [-0.4, -0.2) is 0 Å². The standard InChI is InChI=1S/C7H16.C3H8/c1-3-5-7-6-4-2;1-3-2/h3-7H2,1-2H3;3H2,1-2H3. The van der Waals surface area contributed by atoms with E-state index in [1.807, 2.05) is 0 Å². The highest BCUT2D eigenvalue weighted by Crippen LogP contribution is 2.00. The van der Waals surface area contributed by atoms with Gasteiger partial charge >= 0.3 is 0 Å². The first-order valence-corrected chi connectivity index (χ1v) is 4.83. The van der Waals surface area contributed by atoms with Crippen molar-refractivity contribution < 1.29 is 0 Å². The van der Waals surface area contributed by atoms with E-state index < -0.39 is 0 Å². The third kappa shape index (κ3) is 24.5. The van der Waals surface area contributed by atoms with Gasteiger partial charge < -0.3 is 0 Å². The molecule has 0 atom stereocenters. The fraction of sp³-hybridized carbons (Fsp3) is 1.00. The van der Waals surface area contributed by atoms with Crippen LogP contribution in [0.1, 0.15) is 66.2 Å². The molecule has 0 bridgehead atoms. The van der Waals surface area contributed by atoms with E-state index in [0.29, 0.717) is 0 Å². The maximum Gasteiger partial charge on any atom is -0.0533 e. The minimum Gasteiger partial charge on any atom is -0.0656 e. The minimum atomic E-state index is 1.25. The Morgan fingerprint density at radius 2 is 0.900 bits per heavy atom. The summed E-state index contributed by atoms with van der Waals surface area (Å²) >= 11 is 0. The van der Waals surface area contributed by atoms with E-state index in [1.165, 1.54) is 38.5 Å². The molecule has 0 aliphatic heterocycles. The van der Waals surface area contributed by atoms with Gasteiger partial charge in [0, 0.05) is 0 Å². The number of hydrogen-bond donors (Lipinski definition) is 0. The van der Waals surface area contributed by atoms with Crippen LogP contribution in [-0.2, 0) is 0 Å². The Balaban J connectivity index is 0. The molecule has 0 N–H and O–H groups in total. The molecule has 0 spiro atoms. The molecular weight excluding hydrogens is 120 g/mol. The third-order valence-electron chi connectivity index (χ3n) is 1.21. The predicted molar refractivity (Wildman–Crippen MR) is 50.4 cm³/mol. The zero-order valence-electron chi connectivity index (χ0n) is 8.24. The van der Waals surface area contributed by atoms with E-state index in [9.17, 15) is 0 Å². The summed E-state index contributed by atoms with van der Waals surface area (Å²) in [5, 5.41) is 0. The molecule has 0 radical (unpaired) electrons. The van der Waals surface area contributed by atoms with Crippen LogP contribution in [0.15, 0.2) is 0 Å². The van der Waals surface area contributed by atoms with E-state index in [-0.39, 0.29) is 0 Å². The van der Waals surface area contributed by atoms with Gasteiger partial charge in [0.05, 0.1) is 0 Å². The van der Waals surface area contributed by atoms with Crippen molar-refractivity contribution in [2.24, 2.45) is 0 Å². The lowest BCUT2D eigenvalue weighted by Crippen LogP contribution is -1.70. The van der Waals surface area contributed by atoms with Crippen molar-refractivity contribution in [3.05, 3.63) is 0 Å². The summed E-state index contributed by atoms with van der Waals surface area (Å²) in [4.78, 5) is 0. The van der Waals surface area contributed by atoms with Gasteiger partial charge in [-0.1, -0.05) is 66.2 Å². The lowest BCUT2D eigenvalue weighted by Gasteiger charge is -1.90. The van der Waals surface area contributed by atoms with Crippen LogP contribution in [0.4, 0.5) is 0 Å². The molecule has 0 fully saturated rings. The van der Waals surface area contributed by atoms with Gasteiger partial charge in [-0.25, -0.2) is 0 Å². The fourth-order valence-electron chi connectivity index (χ4n) is 0.677. The Hall–Kier alpha value is 0. The van der Waals surface area contributed by atoms with Gasteiger partial charge in [0.2, 0.25) is 0 Å². The average Bonchev–Trinajstić information content (AvgIpc) is 1.91. The summed E-state index contributed by atoms with van der Waals surface area (Å²) in [5.74, 6) is 0. The maximum absolute atomic E-state index is 2.25. The first-order valence-electron chi connectivity index (χ1n) is 4.83. The normalized spacial score (nSPS) is 8.40. The van der Waals surface area contributed by atoms with Gasteiger partial charge in [0.15, 0.2) is 0 Å². The SMILES string of the molecule is CCC.CCCCCCC. The van der Waals surface area contributed by atoms with Gasteiger partial charge in [-0.05, 0) is 0 Å². The average molecular weight is 144 g/mol. The van der Waals surface area contributed by atoms with Crippen molar-refractivity contribution in [2.75, 3.05) is 0 Å². The fourth-order valence-corrected chi connectivity index (χ4v) is 0.677. The quantitative estimate of drug-likeness (QED) is 0.513. The van der Waals surface area contributed by atoms with E-state index in [4.69, 9.17) is 0 Å². The Morgan fingerprint density at radius 3 is 1.10 bits per heavy atom. The smallest absolute Gasteiger partial charge is 0.0533 e. The van der Waals surface area contributed by atoms with Crippen molar-refractivity contribution in [1.29, 1.82) is 0 Å². The molecule has 0 aliphatic carbocycles. The molecule has 0 amide bonds. The van der Waals surface area contributed by atoms with Crippen LogP contribution in [0.2, 0.25) is 0 Å². The molecule has 64 valence electrons. The highest BCUT2D eigenvalue weighted by Gasteiger charge is 1.80. The molecule has 0 aromatic rings. The van der Waals surface area contributed by atoms with Gasteiger partial charge in [0.1, 0.15) is 0 Å². The van der Waals surface area contributed by atoms with Gasteiger partial charge in [-0.2, -0.15) is 0 Å². The summed E-state index contributed by atoms with van der Waals surface area (Å²) < 4.78 is 0. The highest BCUT2D eigenvalue weighted by atomic mass is 13.9. The summed E-state index contributed by atoms with van der Waals surface area (Å²) in [6.45, 7) is 8.74. The molecule has 0 heteroatoms. The van der Waals surface area contributed by atoms with Gasteiger partial charge in [0.25, 0.3) is 0 Å². The summed E-state index contributed by atoms with van der Waals surface area (Å²) in [7, 11) is 0. The van der Waals surface area contributed by atoms with Crippen molar-refractivity contribution in [3.63, 3.8) is 0 Å². The Bertz CT molecular complexity index is 27.0. The molecule has 0 rings (SSSR count). The van der Waals surface area contributed by atoms with Crippen LogP contribution >= 0.6 is 0 Å². The van der Waals surface area contributed by atoms with Crippen LogP contribution in [0, 0.1) is 0 Å². The molecule has 0 heterocycles. The van der Waals surface area contributed by atoms with Crippen LogP contribution in [0.25, 0.3) is 0 Å². The summed E-state index contributed by atoms with van der Waals surface area (Å²) in [5.41, 5.74) is 0. The maximum atomic E-state index is 2.25. The van der Waals surface area contributed by atoms with Crippen molar-refractivity contribution >= 4 is 0 Å². The molecule has 0 nitrogen and oxygen atoms in total. The van der Waals surface area contributed by atoms with E-state index in [0.717, 1.165) is 0 Å². The zero-order valence-corrected chi connectivity index (χ0v) is 8.24. The number of rotatable bonds is 4. The molecule has 0 saturated carbocycles. The molecular formula is C10H24. The number of unbranched alkanes of at least 4 members (excludes halogenated alkanes) is 4. The first kappa shape index (κ1) is 12.7. The summed E-state index contributed by atoms with van der Waals surface area (Å²) in [6, 6.07) is 0. The largest absolute Gasteiger partial charge is 0.0656 e. The lowest BCUT2D eigenvalue weighted by molar-refractivity contribution is 0.656. The van der Waals surface area contributed by atoms with E-state index in [2.05, 4.69) is 27.7 Å². The second-order valence-electron chi connectivity index (χ2n) is 2.77. The predicted octanol–water partition coefficient (Wildman–Crippen LogP) is 4.39. The van der Waals surface area contributed by atoms with Crippen molar-refractivity contribution in [2.45, 2.75) is 66.2 Å². The first-order chi connectivity index (χ1) is 4.83. The lowest BCUT2D eigenvalue weighted by atomic mass is 10.2. The van der Waals surface area contributed by atoms with Crippen LogP contribution < -0.4 is 0 Å². The molecule has 0 unspecified atom stereocenters.